The van der Waals surface area contributed by atoms with Crippen LogP contribution < -0.4 is 14.8 Å². The summed E-state index contributed by atoms with van der Waals surface area (Å²) in [6, 6.07) is 6.64. The summed E-state index contributed by atoms with van der Waals surface area (Å²) in [5, 5.41) is 11.9. The van der Waals surface area contributed by atoms with E-state index < -0.39 is 11.7 Å². The first-order valence-electron chi connectivity index (χ1n) is 5.23. The van der Waals surface area contributed by atoms with E-state index >= 15 is 0 Å². The summed E-state index contributed by atoms with van der Waals surface area (Å²) in [4.78, 5) is 11.3. The summed E-state index contributed by atoms with van der Waals surface area (Å²) in [5.74, 6) is 1.10. The van der Waals surface area contributed by atoms with E-state index in [1.807, 2.05) is 0 Å². The maximum atomic E-state index is 11.3. The van der Waals surface area contributed by atoms with E-state index in [9.17, 15) is 9.90 Å². The van der Waals surface area contributed by atoms with Crippen molar-refractivity contribution in [3.8, 4) is 11.5 Å². The molecule has 0 unspecified atom stereocenters. The van der Waals surface area contributed by atoms with Gasteiger partial charge in [0.2, 0.25) is 0 Å². The molecule has 0 atom stereocenters. The number of methoxy groups -OCH3 is 1. The first-order chi connectivity index (χ1) is 7.90. The van der Waals surface area contributed by atoms with Crippen LogP contribution in [0.4, 0.5) is 4.79 Å². The Hall–Kier alpha value is -1.75. The molecule has 0 radical (unpaired) electrons. The molecule has 5 heteroatoms. The fourth-order valence-corrected chi connectivity index (χ4v) is 1.08. The van der Waals surface area contributed by atoms with Crippen LogP contribution in [0.1, 0.15) is 13.8 Å². The second kappa shape index (κ2) is 5.54. The lowest BCUT2D eigenvalue weighted by atomic mass is 10.1. The first-order valence-corrected chi connectivity index (χ1v) is 5.23. The number of aliphatic hydroxyl groups is 1. The Morgan fingerprint density at radius 1 is 1.29 bits per heavy atom. The molecular formula is C12H17NO4. The standard InChI is InChI=1S/C12H17NO4/c1-12(2,15)8-13-11(14)17-10-6-4-9(16-3)5-7-10/h4-7,15H,8H2,1-3H3,(H,13,14). The molecule has 0 fully saturated rings. The van der Waals surface area contributed by atoms with Gasteiger partial charge in [0, 0.05) is 6.54 Å². The number of carbonyl (C=O) groups is 1. The minimum Gasteiger partial charge on any atom is -0.497 e. The Morgan fingerprint density at radius 3 is 2.29 bits per heavy atom. The third kappa shape index (κ3) is 5.21. The molecule has 1 rings (SSSR count). The van der Waals surface area contributed by atoms with Gasteiger partial charge in [-0.25, -0.2) is 4.79 Å². The van der Waals surface area contributed by atoms with Crippen LogP contribution in [0.3, 0.4) is 0 Å². The highest BCUT2D eigenvalue weighted by atomic mass is 16.6. The zero-order valence-corrected chi connectivity index (χ0v) is 10.2. The van der Waals surface area contributed by atoms with Crippen LogP contribution in [0.25, 0.3) is 0 Å². The van der Waals surface area contributed by atoms with Crippen LogP contribution in [0.2, 0.25) is 0 Å². The Bertz CT molecular complexity index is 367. The molecule has 1 aromatic rings. The minimum absolute atomic E-state index is 0.127. The normalized spacial score (nSPS) is 10.8. The molecule has 0 bridgehead atoms. The molecule has 1 amide bonds. The number of hydrogen-bond donors (Lipinski definition) is 2. The van der Waals surface area contributed by atoms with Crippen LogP contribution >= 0.6 is 0 Å². The van der Waals surface area contributed by atoms with Crippen LogP contribution in [0, 0.1) is 0 Å². The van der Waals surface area contributed by atoms with Crippen LogP contribution in [-0.4, -0.2) is 30.5 Å². The van der Waals surface area contributed by atoms with Crippen molar-refractivity contribution in [3.63, 3.8) is 0 Å². The lowest BCUT2D eigenvalue weighted by molar-refractivity contribution is 0.0791. The third-order valence-electron chi connectivity index (χ3n) is 1.94. The molecule has 0 aliphatic carbocycles. The second-order valence-electron chi connectivity index (χ2n) is 4.23. The Morgan fingerprint density at radius 2 is 1.82 bits per heavy atom. The number of carbonyl (C=O) groups excluding carboxylic acids is 1. The summed E-state index contributed by atoms with van der Waals surface area (Å²) in [6.07, 6.45) is -0.600. The second-order valence-corrected chi connectivity index (χ2v) is 4.23. The van der Waals surface area contributed by atoms with Crippen molar-refractivity contribution in [2.45, 2.75) is 19.4 Å². The topological polar surface area (TPSA) is 67.8 Å². The van der Waals surface area contributed by atoms with Gasteiger partial charge >= 0.3 is 6.09 Å². The highest BCUT2D eigenvalue weighted by molar-refractivity contribution is 5.70. The third-order valence-corrected chi connectivity index (χ3v) is 1.94. The molecule has 1 aromatic carbocycles. The molecular weight excluding hydrogens is 222 g/mol. The van der Waals surface area contributed by atoms with Gasteiger partial charge in [-0.2, -0.15) is 0 Å². The summed E-state index contributed by atoms with van der Waals surface area (Å²) in [5.41, 5.74) is -0.959. The Balaban J connectivity index is 2.45. The van der Waals surface area contributed by atoms with Gasteiger partial charge in [-0.15, -0.1) is 0 Å². The predicted molar refractivity (Wildman–Crippen MR) is 63.3 cm³/mol. The van der Waals surface area contributed by atoms with Gasteiger partial charge in [-0.05, 0) is 38.1 Å². The first kappa shape index (κ1) is 13.3. The highest BCUT2D eigenvalue weighted by Crippen LogP contribution is 2.16. The summed E-state index contributed by atoms with van der Waals surface area (Å²) < 4.78 is 9.97. The highest BCUT2D eigenvalue weighted by Gasteiger charge is 2.14. The van der Waals surface area contributed by atoms with E-state index in [-0.39, 0.29) is 6.54 Å². The zero-order valence-electron chi connectivity index (χ0n) is 10.2. The lowest BCUT2D eigenvalue weighted by Gasteiger charge is -2.17. The van der Waals surface area contributed by atoms with E-state index in [4.69, 9.17) is 9.47 Å². The summed E-state index contributed by atoms with van der Waals surface area (Å²) >= 11 is 0. The van der Waals surface area contributed by atoms with Gasteiger partial charge in [-0.3, -0.25) is 0 Å². The zero-order chi connectivity index (χ0) is 12.9. The molecule has 0 saturated heterocycles. The van der Waals surface area contributed by atoms with Gasteiger partial charge in [0.25, 0.3) is 0 Å². The number of amides is 1. The molecule has 94 valence electrons. The Kier molecular flexibility index (Phi) is 4.34. The van der Waals surface area contributed by atoms with Crippen LogP contribution in [0.15, 0.2) is 24.3 Å². The van der Waals surface area contributed by atoms with Gasteiger partial charge in [0.15, 0.2) is 0 Å². The SMILES string of the molecule is COc1ccc(OC(=O)NCC(C)(C)O)cc1. The summed E-state index contributed by atoms with van der Waals surface area (Å²) in [7, 11) is 1.56. The molecule has 0 aromatic heterocycles. The Labute approximate surface area is 100 Å². The van der Waals surface area contributed by atoms with Gasteiger partial charge in [-0.1, -0.05) is 0 Å². The van der Waals surface area contributed by atoms with E-state index in [0.717, 1.165) is 0 Å². The number of benzene rings is 1. The molecule has 17 heavy (non-hydrogen) atoms. The van der Waals surface area contributed by atoms with Gasteiger partial charge in [0.1, 0.15) is 11.5 Å². The van der Waals surface area contributed by atoms with Crippen LogP contribution in [0.5, 0.6) is 11.5 Å². The molecule has 0 spiro atoms. The molecule has 0 aliphatic rings. The van der Waals surface area contributed by atoms with Crippen molar-refractivity contribution in [1.82, 2.24) is 5.32 Å². The molecule has 0 heterocycles. The fraction of sp³-hybridized carbons (Fsp3) is 0.417. The van der Waals surface area contributed by atoms with Crippen LogP contribution in [-0.2, 0) is 0 Å². The van der Waals surface area contributed by atoms with Gasteiger partial charge in [0.05, 0.1) is 12.7 Å². The van der Waals surface area contributed by atoms with Gasteiger partial charge < -0.3 is 19.9 Å². The largest absolute Gasteiger partial charge is 0.497 e. The maximum absolute atomic E-state index is 11.3. The average molecular weight is 239 g/mol. The average Bonchev–Trinajstić information content (AvgIpc) is 2.27. The lowest BCUT2D eigenvalue weighted by Crippen LogP contribution is -2.39. The number of ether oxygens (including phenoxy) is 2. The molecule has 0 aliphatic heterocycles. The molecule has 0 saturated carbocycles. The van der Waals surface area contributed by atoms with Crippen molar-refractivity contribution < 1.29 is 19.4 Å². The van der Waals surface area contributed by atoms with E-state index in [1.54, 1.807) is 45.2 Å². The van der Waals surface area contributed by atoms with E-state index in [2.05, 4.69) is 5.32 Å². The van der Waals surface area contributed by atoms with E-state index in [0.29, 0.717) is 11.5 Å². The van der Waals surface area contributed by atoms with Crippen molar-refractivity contribution >= 4 is 6.09 Å². The van der Waals surface area contributed by atoms with E-state index in [1.165, 1.54) is 0 Å². The fourth-order valence-electron chi connectivity index (χ4n) is 1.08. The smallest absolute Gasteiger partial charge is 0.412 e. The quantitative estimate of drug-likeness (QED) is 0.836. The maximum Gasteiger partial charge on any atom is 0.412 e. The summed E-state index contributed by atoms with van der Waals surface area (Å²) in [6.45, 7) is 3.32. The van der Waals surface area contributed by atoms with Crippen molar-refractivity contribution in [3.05, 3.63) is 24.3 Å². The van der Waals surface area contributed by atoms with Crippen molar-refractivity contribution in [1.29, 1.82) is 0 Å². The molecule has 2 N–H and O–H groups in total. The predicted octanol–water partition coefficient (Wildman–Crippen LogP) is 1.55. The minimum atomic E-state index is -0.959. The number of nitrogens with one attached hydrogen (secondary N) is 1. The monoisotopic (exact) mass is 239 g/mol. The van der Waals surface area contributed by atoms with Crippen molar-refractivity contribution in [2.24, 2.45) is 0 Å². The molecule has 5 nitrogen and oxygen atoms in total. The number of hydrogen-bond acceptors (Lipinski definition) is 4. The van der Waals surface area contributed by atoms with Crippen molar-refractivity contribution in [2.75, 3.05) is 13.7 Å². The number of rotatable bonds is 4.